The van der Waals surface area contributed by atoms with Crippen LogP contribution in [0.5, 0.6) is 0 Å². The summed E-state index contributed by atoms with van der Waals surface area (Å²) >= 11 is 2.58. The highest BCUT2D eigenvalue weighted by Gasteiger charge is 2.01. The van der Waals surface area contributed by atoms with Gasteiger partial charge >= 0.3 is 0 Å². The van der Waals surface area contributed by atoms with E-state index < -0.39 is 0 Å². The largest absolute Gasteiger partial charge is 0.185 e. The molecule has 0 aliphatic rings. The number of benzene rings is 1. The van der Waals surface area contributed by atoms with Gasteiger partial charge in [-0.15, -0.1) is 0 Å². The second-order valence-electron chi connectivity index (χ2n) is 3.15. The third kappa shape index (κ3) is 4.61. The molecule has 82 valence electrons. The number of thioether (sulfide) groups is 2. The van der Waals surface area contributed by atoms with Crippen LogP contribution in [0.15, 0.2) is 24.3 Å². The van der Waals surface area contributed by atoms with Crippen molar-refractivity contribution in [3.05, 3.63) is 35.4 Å². The second kappa shape index (κ2) is 8.10. The Labute approximate surface area is 105 Å². The maximum atomic E-state index is 8.46. The zero-order valence-electron chi connectivity index (χ0n) is 8.85. The number of aryl methyl sites for hydroxylation is 2. The van der Waals surface area contributed by atoms with Crippen LogP contribution in [0.3, 0.4) is 0 Å². The molecule has 1 rings (SSSR count). The molecule has 0 aliphatic carbocycles. The average Bonchev–Trinajstić information content (AvgIpc) is 2.32. The van der Waals surface area contributed by atoms with Crippen molar-refractivity contribution in [2.24, 2.45) is 0 Å². The van der Waals surface area contributed by atoms with Crippen LogP contribution in [0.1, 0.15) is 11.1 Å². The summed E-state index contributed by atoms with van der Waals surface area (Å²) in [7, 11) is 0. The first-order chi connectivity index (χ1) is 7.88. The standard InChI is InChI=1S/C12H12N2S2/c13-9-15-7-5-11-3-1-2-4-12(11)6-8-16-10-14/h1-4H,5-8H2. The van der Waals surface area contributed by atoms with E-state index in [-0.39, 0.29) is 0 Å². The molecule has 0 unspecified atom stereocenters. The molecule has 0 N–H and O–H groups in total. The zero-order valence-corrected chi connectivity index (χ0v) is 10.5. The van der Waals surface area contributed by atoms with Gasteiger partial charge in [0.25, 0.3) is 0 Å². The quantitative estimate of drug-likeness (QED) is 0.573. The van der Waals surface area contributed by atoms with E-state index in [9.17, 15) is 0 Å². The van der Waals surface area contributed by atoms with Crippen LogP contribution in [0.4, 0.5) is 0 Å². The molecule has 0 spiro atoms. The van der Waals surface area contributed by atoms with Crippen LogP contribution in [0.25, 0.3) is 0 Å². The van der Waals surface area contributed by atoms with Crippen LogP contribution < -0.4 is 0 Å². The Morgan fingerprint density at radius 1 is 0.875 bits per heavy atom. The molecule has 16 heavy (non-hydrogen) atoms. The molecule has 0 fully saturated rings. The van der Waals surface area contributed by atoms with Crippen LogP contribution >= 0.6 is 23.5 Å². The molecule has 2 nitrogen and oxygen atoms in total. The van der Waals surface area contributed by atoms with Gasteiger partial charge in [-0.1, -0.05) is 24.3 Å². The third-order valence-corrected chi connectivity index (χ3v) is 3.27. The molecule has 0 aliphatic heterocycles. The van der Waals surface area contributed by atoms with E-state index in [1.54, 1.807) is 0 Å². The summed E-state index contributed by atoms with van der Waals surface area (Å²) in [6.07, 6.45) is 1.84. The first-order valence-electron chi connectivity index (χ1n) is 4.97. The molecular weight excluding hydrogens is 236 g/mol. The Kier molecular flexibility index (Phi) is 6.56. The van der Waals surface area contributed by atoms with E-state index in [0.717, 1.165) is 24.3 Å². The molecule has 0 aromatic heterocycles. The maximum absolute atomic E-state index is 8.46. The number of nitriles is 2. The lowest BCUT2D eigenvalue weighted by molar-refractivity contribution is 1.05. The summed E-state index contributed by atoms with van der Waals surface area (Å²) in [5.41, 5.74) is 2.59. The van der Waals surface area contributed by atoms with Gasteiger partial charge in [-0.3, -0.25) is 0 Å². The molecule has 0 saturated heterocycles. The SMILES string of the molecule is N#CSCCc1ccccc1CCSC#N. The normalized spacial score (nSPS) is 9.38. The fraction of sp³-hybridized carbons (Fsp3) is 0.333. The molecule has 4 heteroatoms. The molecule has 0 bridgehead atoms. The Morgan fingerprint density at radius 3 is 1.69 bits per heavy atom. The van der Waals surface area contributed by atoms with Crippen molar-refractivity contribution in [3.8, 4) is 10.8 Å². The van der Waals surface area contributed by atoms with Gasteiger partial charge in [-0.2, -0.15) is 10.5 Å². The second-order valence-corrected chi connectivity index (χ2v) is 4.91. The molecule has 0 amide bonds. The monoisotopic (exact) mass is 248 g/mol. The van der Waals surface area contributed by atoms with Crippen molar-refractivity contribution < 1.29 is 0 Å². The van der Waals surface area contributed by atoms with Crippen molar-refractivity contribution in [2.75, 3.05) is 11.5 Å². The lowest BCUT2D eigenvalue weighted by Crippen LogP contribution is -1.97. The molecule has 1 aromatic carbocycles. The van der Waals surface area contributed by atoms with Gasteiger partial charge in [0.2, 0.25) is 0 Å². The predicted octanol–water partition coefficient (Wildman–Crippen LogP) is 3.20. The highest BCUT2D eigenvalue weighted by atomic mass is 32.2. The molecule has 0 atom stereocenters. The van der Waals surface area contributed by atoms with Gasteiger partial charge in [-0.05, 0) is 47.5 Å². The van der Waals surface area contributed by atoms with E-state index in [0.29, 0.717) is 0 Å². The fourth-order valence-electron chi connectivity index (χ4n) is 1.46. The molecule has 0 saturated carbocycles. The van der Waals surface area contributed by atoms with Gasteiger partial charge in [0.15, 0.2) is 0 Å². The highest BCUT2D eigenvalue weighted by Crippen LogP contribution is 2.14. The molecule has 0 radical (unpaired) electrons. The van der Waals surface area contributed by atoms with Gasteiger partial charge < -0.3 is 0 Å². The average molecular weight is 248 g/mol. The van der Waals surface area contributed by atoms with Gasteiger partial charge in [0.05, 0.1) is 0 Å². The van der Waals surface area contributed by atoms with Gasteiger partial charge in [0, 0.05) is 11.5 Å². The number of nitrogens with zero attached hydrogens (tertiary/aromatic N) is 2. The van der Waals surface area contributed by atoms with Gasteiger partial charge in [-0.25, -0.2) is 0 Å². The van der Waals surface area contributed by atoms with Crippen molar-refractivity contribution in [3.63, 3.8) is 0 Å². The summed E-state index contributed by atoms with van der Waals surface area (Å²) in [5.74, 6) is 1.66. The number of thiocyanates is 2. The zero-order chi connectivity index (χ0) is 11.6. The van der Waals surface area contributed by atoms with E-state index in [1.807, 2.05) is 12.1 Å². The minimum atomic E-state index is 0.832. The Morgan fingerprint density at radius 2 is 1.31 bits per heavy atom. The summed E-state index contributed by atoms with van der Waals surface area (Å²) < 4.78 is 0. The van der Waals surface area contributed by atoms with Crippen LogP contribution in [-0.4, -0.2) is 11.5 Å². The van der Waals surface area contributed by atoms with Crippen LogP contribution in [0.2, 0.25) is 0 Å². The van der Waals surface area contributed by atoms with Crippen molar-refractivity contribution in [1.82, 2.24) is 0 Å². The first-order valence-corrected chi connectivity index (χ1v) is 6.94. The molecule has 1 aromatic rings. The summed E-state index contributed by atoms with van der Waals surface area (Å²) in [4.78, 5) is 0. The first kappa shape index (κ1) is 13.0. The van der Waals surface area contributed by atoms with E-state index in [4.69, 9.17) is 10.5 Å². The Bertz CT molecular complexity index is 365. The van der Waals surface area contributed by atoms with E-state index in [1.165, 1.54) is 34.7 Å². The highest BCUT2D eigenvalue weighted by molar-refractivity contribution is 8.03. The van der Waals surface area contributed by atoms with Crippen LogP contribution in [0, 0.1) is 21.3 Å². The third-order valence-electron chi connectivity index (χ3n) is 2.19. The number of hydrogen-bond acceptors (Lipinski definition) is 4. The Hall–Kier alpha value is -1.10. The van der Waals surface area contributed by atoms with Gasteiger partial charge in [0.1, 0.15) is 10.8 Å². The number of hydrogen-bond donors (Lipinski definition) is 0. The smallest absolute Gasteiger partial charge is 0.133 e. The van der Waals surface area contributed by atoms with Crippen molar-refractivity contribution in [1.29, 1.82) is 10.5 Å². The van der Waals surface area contributed by atoms with E-state index >= 15 is 0 Å². The predicted molar refractivity (Wildman–Crippen MR) is 70.0 cm³/mol. The topological polar surface area (TPSA) is 47.6 Å². The van der Waals surface area contributed by atoms with E-state index in [2.05, 4.69) is 22.9 Å². The summed E-state index contributed by atoms with van der Waals surface area (Å²) in [6, 6.07) is 8.25. The Balaban J connectivity index is 2.54. The lowest BCUT2D eigenvalue weighted by atomic mass is 10.0. The molecule has 0 heterocycles. The maximum Gasteiger partial charge on any atom is 0.133 e. The fourth-order valence-corrected chi connectivity index (χ4v) is 2.29. The minimum Gasteiger partial charge on any atom is -0.185 e. The lowest BCUT2D eigenvalue weighted by Gasteiger charge is -2.06. The minimum absolute atomic E-state index is 0.832. The van der Waals surface area contributed by atoms with Crippen LogP contribution in [-0.2, 0) is 12.8 Å². The number of rotatable bonds is 6. The summed E-state index contributed by atoms with van der Waals surface area (Å²) in [5, 5.41) is 21.1. The van der Waals surface area contributed by atoms with Crippen molar-refractivity contribution in [2.45, 2.75) is 12.8 Å². The van der Waals surface area contributed by atoms with Crippen molar-refractivity contribution >= 4 is 23.5 Å². The molecular formula is C12H12N2S2. The summed E-state index contributed by atoms with van der Waals surface area (Å²) in [6.45, 7) is 0.